The first kappa shape index (κ1) is 20.1. The Hall–Kier alpha value is -2.63. The molecule has 1 aromatic carbocycles. The second-order valence-electron chi connectivity index (χ2n) is 7.19. The fraction of sp³-hybridized carbons (Fsp3) is 0.500. The number of piperidine rings is 1. The number of likely N-dealkylation sites (tertiary alicyclic amines) is 1. The lowest BCUT2D eigenvalue weighted by atomic mass is 9.99. The van der Waals surface area contributed by atoms with Gasteiger partial charge in [0.1, 0.15) is 17.8 Å². The molecule has 1 amide bonds. The molecule has 6 nitrogen and oxygen atoms in total. The van der Waals surface area contributed by atoms with Crippen LogP contribution in [0.2, 0.25) is 0 Å². The summed E-state index contributed by atoms with van der Waals surface area (Å²) in [4.78, 5) is 25.8. The van der Waals surface area contributed by atoms with Crippen LogP contribution in [0.4, 0.5) is 17.2 Å². The van der Waals surface area contributed by atoms with Gasteiger partial charge < -0.3 is 15.1 Å². The second-order valence-corrected chi connectivity index (χ2v) is 7.19. The summed E-state index contributed by atoms with van der Waals surface area (Å²) in [5, 5.41) is 3.29. The molecular weight excluding hydrogens is 350 g/mol. The van der Waals surface area contributed by atoms with E-state index in [2.05, 4.69) is 53.1 Å². The number of rotatable bonds is 7. The van der Waals surface area contributed by atoms with E-state index in [0.717, 1.165) is 44.6 Å². The van der Waals surface area contributed by atoms with Crippen molar-refractivity contribution < 1.29 is 4.79 Å². The van der Waals surface area contributed by atoms with Crippen LogP contribution in [0.25, 0.3) is 0 Å². The van der Waals surface area contributed by atoms with Gasteiger partial charge in [-0.15, -0.1) is 0 Å². The molecular formula is C22H31N5O. The summed E-state index contributed by atoms with van der Waals surface area (Å²) in [6, 6.07) is 10.3. The van der Waals surface area contributed by atoms with Crippen LogP contribution in [0.15, 0.2) is 36.7 Å². The van der Waals surface area contributed by atoms with Gasteiger partial charge in [-0.25, -0.2) is 9.97 Å². The SMILES string of the molecule is CCC1CCCCN1C(=O)c1cc(Nc2ccc(N(CC)CC)cc2)ncn1. The van der Waals surface area contributed by atoms with Crippen LogP contribution in [0.1, 0.15) is 56.9 Å². The molecule has 1 atom stereocenters. The first-order valence-electron chi connectivity index (χ1n) is 10.4. The summed E-state index contributed by atoms with van der Waals surface area (Å²) < 4.78 is 0. The van der Waals surface area contributed by atoms with Crippen molar-refractivity contribution in [3.8, 4) is 0 Å². The monoisotopic (exact) mass is 381 g/mol. The first-order chi connectivity index (χ1) is 13.7. The molecule has 1 aromatic heterocycles. The van der Waals surface area contributed by atoms with Crippen LogP contribution in [-0.4, -0.2) is 46.5 Å². The van der Waals surface area contributed by atoms with E-state index in [1.54, 1.807) is 6.07 Å². The zero-order valence-corrected chi connectivity index (χ0v) is 17.2. The predicted octanol–water partition coefficient (Wildman–Crippen LogP) is 4.47. The Morgan fingerprint density at radius 2 is 1.89 bits per heavy atom. The minimum Gasteiger partial charge on any atom is -0.372 e. The number of hydrogen-bond donors (Lipinski definition) is 1. The van der Waals surface area contributed by atoms with Crippen LogP contribution in [-0.2, 0) is 0 Å². The Bertz CT molecular complexity index is 773. The maximum atomic E-state index is 13.0. The largest absolute Gasteiger partial charge is 0.372 e. The van der Waals surface area contributed by atoms with E-state index in [1.807, 2.05) is 17.0 Å². The molecule has 1 aliphatic heterocycles. The van der Waals surface area contributed by atoms with Crippen molar-refractivity contribution in [2.24, 2.45) is 0 Å². The Labute approximate surface area is 168 Å². The molecule has 1 saturated heterocycles. The molecule has 1 N–H and O–H groups in total. The van der Waals surface area contributed by atoms with Crippen molar-refractivity contribution in [2.45, 2.75) is 52.5 Å². The van der Waals surface area contributed by atoms with Crippen molar-refractivity contribution in [1.82, 2.24) is 14.9 Å². The van der Waals surface area contributed by atoms with E-state index in [9.17, 15) is 4.79 Å². The van der Waals surface area contributed by atoms with Crippen molar-refractivity contribution >= 4 is 23.1 Å². The summed E-state index contributed by atoms with van der Waals surface area (Å²) in [7, 11) is 0. The van der Waals surface area contributed by atoms with Crippen LogP contribution in [0, 0.1) is 0 Å². The zero-order chi connectivity index (χ0) is 19.9. The molecule has 0 saturated carbocycles. The third-order valence-electron chi connectivity index (χ3n) is 5.51. The summed E-state index contributed by atoms with van der Waals surface area (Å²) >= 11 is 0. The third kappa shape index (κ3) is 4.61. The second kappa shape index (κ2) is 9.53. The normalized spacial score (nSPS) is 16.7. The van der Waals surface area contributed by atoms with Crippen molar-refractivity contribution in [2.75, 3.05) is 29.9 Å². The molecule has 0 bridgehead atoms. The topological polar surface area (TPSA) is 61.4 Å². The van der Waals surface area contributed by atoms with Crippen LogP contribution < -0.4 is 10.2 Å². The van der Waals surface area contributed by atoms with E-state index in [1.165, 1.54) is 18.4 Å². The molecule has 150 valence electrons. The van der Waals surface area contributed by atoms with Gasteiger partial charge >= 0.3 is 0 Å². The standard InChI is InChI=1S/C22H31N5O/c1-4-18-9-7-8-14-27(18)22(28)20-15-21(24-16-23-20)25-17-10-12-19(13-11-17)26(5-2)6-3/h10-13,15-16,18H,4-9,14H2,1-3H3,(H,23,24,25). The quantitative estimate of drug-likeness (QED) is 0.767. The van der Waals surface area contributed by atoms with E-state index in [-0.39, 0.29) is 5.91 Å². The van der Waals surface area contributed by atoms with Gasteiger partial charge in [-0.05, 0) is 63.8 Å². The first-order valence-corrected chi connectivity index (χ1v) is 10.4. The molecule has 1 fully saturated rings. The lowest BCUT2D eigenvalue weighted by Crippen LogP contribution is -2.43. The average molecular weight is 382 g/mol. The highest BCUT2D eigenvalue weighted by atomic mass is 16.2. The number of aromatic nitrogens is 2. The fourth-order valence-electron chi connectivity index (χ4n) is 3.87. The number of nitrogens with zero attached hydrogens (tertiary/aromatic N) is 4. The summed E-state index contributed by atoms with van der Waals surface area (Å²) in [5.41, 5.74) is 2.60. The van der Waals surface area contributed by atoms with E-state index in [4.69, 9.17) is 0 Å². The number of carbonyl (C=O) groups is 1. The Morgan fingerprint density at radius 3 is 2.57 bits per heavy atom. The molecule has 1 aliphatic rings. The Morgan fingerprint density at radius 1 is 1.14 bits per heavy atom. The van der Waals surface area contributed by atoms with E-state index in [0.29, 0.717) is 17.6 Å². The maximum Gasteiger partial charge on any atom is 0.272 e. The number of amides is 1. The van der Waals surface area contributed by atoms with Crippen LogP contribution in [0.3, 0.4) is 0 Å². The maximum absolute atomic E-state index is 13.0. The minimum atomic E-state index is 0.00822. The van der Waals surface area contributed by atoms with Crippen molar-refractivity contribution in [1.29, 1.82) is 0 Å². The summed E-state index contributed by atoms with van der Waals surface area (Å²) in [6.45, 7) is 9.23. The van der Waals surface area contributed by atoms with Crippen LogP contribution >= 0.6 is 0 Å². The third-order valence-corrected chi connectivity index (χ3v) is 5.51. The number of nitrogens with one attached hydrogen (secondary N) is 1. The molecule has 2 aromatic rings. The van der Waals surface area contributed by atoms with Gasteiger partial charge in [-0.1, -0.05) is 6.92 Å². The zero-order valence-electron chi connectivity index (χ0n) is 17.2. The number of anilines is 3. The lowest BCUT2D eigenvalue weighted by Gasteiger charge is -2.35. The number of benzene rings is 1. The summed E-state index contributed by atoms with van der Waals surface area (Å²) in [5.74, 6) is 0.646. The fourth-order valence-corrected chi connectivity index (χ4v) is 3.87. The smallest absolute Gasteiger partial charge is 0.272 e. The highest BCUT2D eigenvalue weighted by Gasteiger charge is 2.27. The molecule has 0 spiro atoms. The molecule has 1 unspecified atom stereocenters. The minimum absolute atomic E-state index is 0.00822. The van der Waals surface area contributed by atoms with Crippen LogP contribution in [0.5, 0.6) is 0 Å². The molecule has 0 radical (unpaired) electrons. The molecule has 3 rings (SSSR count). The van der Waals surface area contributed by atoms with Gasteiger partial charge in [0.05, 0.1) is 0 Å². The molecule has 2 heterocycles. The highest BCUT2D eigenvalue weighted by molar-refractivity contribution is 5.93. The predicted molar refractivity (Wildman–Crippen MR) is 114 cm³/mol. The highest BCUT2D eigenvalue weighted by Crippen LogP contribution is 2.23. The Kier molecular flexibility index (Phi) is 6.85. The van der Waals surface area contributed by atoms with Gasteiger partial charge in [-0.3, -0.25) is 4.79 Å². The van der Waals surface area contributed by atoms with E-state index < -0.39 is 0 Å². The average Bonchev–Trinajstić information content (AvgIpc) is 2.75. The van der Waals surface area contributed by atoms with Crippen molar-refractivity contribution in [3.63, 3.8) is 0 Å². The van der Waals surface area contributed by atoms with Gasteiger partial charge in [0.2, 0.25) is 0 Å². The number of carbonyl (C=O) groups excluding carboxylic acids is 1. The molecule has 28 heavy (non-hydrogen) atoms. The van der Waals surface area contributed by atoms with Gasteiger partial charge in [0.15, 0.2) is 0 Å². The van der Waals surface area contributed by atoms with Crippen molar-refractivity contribution in [3.05, 3.63) is 42.4 Å². The summed E-state index contributed by atoms with van der Waals surface area (Å²) in [6.07, 6.45) is 5.79. The van der Waals surface area contributed by atoms with Gasteiger partial charge in [0.25, 0.3) is 5.91 Å². The lowest BCUT2D eigenvalue weighted by molar-refractivity contribution is 0.0602. The van der Waals surface area contributed by atoms with Gasteiger partial charge in [0, 0.05) is 43.1 Å². The Balaban J connectivity index is 1.72. The van der Waals surface area contributed by atoms with Gasteiger partial charge in [-0.2, -0.15) is 0 Å². The molecule has 0 aliphatic carbocycles. The van der Waals surface area contributed by atoms with E-state index >= 15 is 0 Å². The molecule has 6 heteroatoms. The number of hydrogen-bond acceptors (Lipinski definition) is 5.